The number of sulfonamides is 1. The first-order chi connectivity index (χ1) is 17.4. The Bertz CT molecular complexity index is 1270. The number of amides is 1. The average Bonchev–Trinajstić information content (AvgIpc) is 2.90. The highest BCUT2D eigenvalue weighted by Crippen LogP contribution is 2.34. The van der Waals surface area contributed by atoms with Crippen LogP contribution < -0.4 is 19.1 Å². The van der Waals surface area contributed by atoms with Gasteiger partial charge in [0.05, 0.1) is 10.6 Å². The Morgan fingerprint density at radius 1 is 0.972 bits per heavy atom. The molecule has 190 valence electrons. The van der Waals surface area contributed by atoms with Crippen LogP contribution in [0.25, 0.3) is 0 Å². The summed E-state index contributed by atoms with van der Waals surface area (Å²) in [5, 5.41) is 2.79. The fraction of sp³-hybridized carbons (Fsp3) is 0.269. The summed E-state index contributed by atoms with van der Waals surface area (Å²) in [6.07, 6.45) is 0.745. The van der Waals surface area contributed by atoms with E-state index in [0.29, 0.717) is 31.3 Å². The van der Waals surface area contributed by atoms with E-state index in [9.17, 15) is 17.6 Å². The molecule has 1 aliphatic heterocycles. The molecule has 0 fully saturated rings. The van der Waals surface area contributed by atoms with Gasteiger partial charge in [-0.05, 0) is 54.1 Å². The first-order valence-corrected chi connectivity index (χ1v) is 14.1. The van der Waals surface area contributed by atoms with Gasteiger partial charge in [-0.3, -0.25) is 9.10 Å². The molecule has 0 spiro atoms. The van der Waals surface area contributed by atoms with Crippen LogP contribution in [0.4, 0.5) is 10.1 Å². The molecule has 0 aliphatic carbocycles. The Kier molecular flexibility index (Phi) is 8.71. The maximum atomic E-state index is 13.5. The molecule has 3 aromatic carbocycles. The predicted molar refractivity (Wildman–Crippen MR) is 139 cm³/mol. The second-order valence-corrected chi connectivity index (χ2v) is 11.0. The first kappa shape index (κ1) is 25.8. The van der Waals surface area contributed by atoms with Gasteiger partial charge in [0.15, 0.2) is 11.5 Å². The zero-order valence-electron chi connectivity index (χ0n) is 19.6. The van der Waals surface area contributed by atoms with E-state index in [1.54, 1.807) is 11.8 Å². The molecule has 0 saturated heterocycles. The van der Waals surface area contributed by atoms with Crippen LogP contribution in [0, 0.1) is 5.82 Å². The van der Waals surface area contributed by atoms with E-state index < -0.39 is 28.3 Å². The Morgan fingerprint density at radius 3 is 2.44 bits per heavy atom. The zero-order valence-corrected chi connectivity index (χ0v) is 21.2. The van der Waals surface area contributed by atoms with Crippen molar-refractivity contribution in [2.45, 2.75) is 17.1 Å². The third-order valence-electron chi connectivity index (χ3n) is 5.40. The number of halogens is 1. The van der Waals surface area contributed by atoms with Crippen molar-refractivity contribution in [2.24, 2.45) is 0 Å². The highest BCUT2D eigenvalue weighted by Gasteiger charge is 2.29. The van der Waals surface area contributed by atoms with Crippen LogP contribution >= 0.6 is 11.8 Å². The van der Waals surface area contributed by atoms with Gasteiger partial charge in [0, 0.05) is 18.4 Å². The topological polar surface area (TPSA) is 84.9 Å². The number of nitrogens with one attached hydrogen (secondary N) is 1. The lowest BCUT2D eigenvalue weighted by molar-refractivity contribution is -0.119. The Labute approximate surface area is 214 Å². The van der Waals surface area contributed by atoms with E-state index in [-0.39, 0.29) is 10.6 Å². The first-order valence-electron chi connectivity index (χ1n) is 11.5. The molecule has 1 N–H and O–H groups in total. The quantitative estimate of drug-likeness (QED) is 0.374. The van der Waals surface area contributed by atoms with Crippen LogP contribution in [-0.4, -0.2) is 46.4 Å². The number of carbonyl (C=O) groups excluding carboxylic acids is 1. The summed E-state index contributed by atoms with van der Waals surface area (Å²) in [6.45, 7) is 0.664. The van der Waals surface area contributed by atoms with E-state index in [0.717, 1.165) is 34.4 Å². The van der Waals surface area contributed by atoms with Gasteiger partial charge in [-0.15, -0.1) is 0 Å². The minimum absolute atomic E-state index is 0.0545. The lowest BCUT2D eigenvalue weighted by atomic mass is 10.2. The average molecular weight is 531 g/mol. The highest BCUT2D eigenvalue weighted by molar-refractivity contribution is 7.98. The molecule has 0 atom stereocenters. The number of rotatable bonds is 11. The number of carbonyl (C=O) groups is 1. The van der Waals surface area contributed by atoms with Crippen molar-refractivity contribution in [3.63, 3.8) is 0 Å². The van der Waals surface area contributed by atoms with Crippen LogP contribution in [0.15, 0.2) is 77.7 Å². The molecule has 3 aromatic rings. The monoisotopic (exact) mass is 530 g/mol. The molecule has 1 amide bonds. The van der Waals surface area contributed by atoms with Crippen molar-refractivity contribution in [1.82, 2.24) is 5.32 Å². The van der Waals surface area contributed by atoms with Crippen molar-refractivity contribution in [3.8, 4) is 11.5 Å². The van der Waals surface area contributed by atoms with Crippen LogP contribution in [0.2, 0.25) is 0 Å². The van der Waals surface area contributed by atoms with Crippen LogP contribution in [0.3, 0.4) is 0 Å². The summed E-state index contributed by atoms with van der Waals surface area (Å²) in [4.78, 5) is 12.7. The Hall–Kier alpha value is -3.24. The lowest BCUT2D eigenvalue weighted by Crippen LogP contribution is -2.41. The van der Waals surface area contributed by atoms with E-state index in [1.165, 1.54) is 35.9 Å². The van der Waals surface area contributed by atoms with Gasteiger partial charge in [-0.25, -0.2) is 12.8 Å². The molecule has 4 rings (SSSR count). The van der Waals surface area contributed by atoms with E-state index in [1.807, 2.05) is 18.2 Å². The smallest absolute Gasteiger partial charge is 0.264 e. The summed E-state index contributed by atoms with van der Waals surface area (Å²) in [5.41, 5.74) is 1.42. The number of hydrogen-bond donors (Lipinski definition) is 1. The molecule has 7 nitrogen and oxygen atoms in total. The van der Waals surface area contributed by atoms with Crippen LogP contribution in [-0.2, 0) is 20.6 Å². The molecule has 0 saturated carbocycles. The zero-order chi connectivity index (χ0) is 25.4. The standard InChI is InChI=1S/C26H27FN2O5S2/c27-21-7-9-22(10-8-21)29(36(31,32)23-11-12-24-25(17-23)34-15-14-33-24)18-26(30)28-13-4-16-35-19-20-5-2-1-3-6-20/h1-3,5-12,17H,4,13-16,18-19H2,(H,28,30). The van der Waals surface area contributed by atoms with E-state index in [2.05, 4.69) is 17.4 Å². The maximum Gasteiger partial charge on any atom is 0.264 e. The minimum atomic E-state index is -4.15. The SMILES string of the molecule is O=C(CN(c1ccc(F)cc1)S(=O)(=O)c1ccc2c(c1)OCCO2)NCCCSCc1ccccc1. The summed E-state index contributed by atoms with van der Waals surface area (Å²) < 4.78 is 52.6. The van der Waals surface area contributed by atoms with E-state index >= 15 is 0 Å². The van der Waals surface area contributed by atoms with Crippen molar-refractivity contribution in [1.29, 1.82) is 0 Å². The molecule has 1 aliphatic rings. The Balaban J connectivity index is 1.40. The molecule has 10 heteroatoms. The van der Waals surface area contributed by atoms with Gasteiger partial charge >= 0.3 is 0 Å². The molecular weight excluding hydrogens is 503 g/mol. The number of hydrogen-bond acceptors (Lipinski definition) is 6. The normalized spacial score (nSPS) is 12.7. The maximum absolute atomic E-state index is 13.5. The lowest BCUT2D eigenvalue weighted by Gasteiger charge is -2.25. The second kappa shape index (κ2) is 12.1. The van der Waals surface area contributed by atoms with Gasteiger partial charge in [-0.1, -0.05) is 30.3 Å². The fourth-order valence-corrected chi connectivity index (χ4v) is 5.94. The van der Waals surface area contributed by atoms with Crippen molar-refractivity contribution in [2.75, 3.05) is 36.4 Å². The summed E-state index contributed by atoms with van der Waals surface area (Å²) in [5.74, 6) is 1.56. The van der Waals surface area contributed by atoms with Crippen molar-refractivity contribution < 1.29 is 27.1 Å². The fourth-order valence-electron chi connectivity index (χ4n) is 3.59. The van der Waals surface area contributed by atoms with Crippen molar-refractivity contribution >= 4 is 33.4 Å². The molecule has 1 heterocycles. The van der Waals surface area contributed by atoms with Gasteiger partial charge < -0.3 is 14.8 Å². The van der Waals surface area contributed by atoms with Crippen LogP contribution in [0.5, 0.6) is 11.5 Å². The summed E-state index contributed by atoms with van der Waals surface area (Å²) >= 11 is 1.77. The van der Waals surface area contributed by atoms with Crippen molar-refractivity contribution in [3.05, 3.63) is 84.2 Å². The number of anilines is 1. The van der Waals surface area contributed by atoms with Crippen LogP contribution in [0.1, 0.15) is 12.0 Å². The molecule has 0 radical (unpaired) electrons. The predicted octanol–water partition coefficient (Wildman–Crippen LogP) is 4.23. The minimum Gasteiger partial charge on any atom is -0.486 e. The van der Waals surface area contributed by atoms with E-state index in [4.69, 9.17) is 9.47 Å². The third-order valence-corrected chi connectivity index (χ3v) is 8.29. The molecule has 0 bridgehead atoms. The highest BCUT2D eigenvalue weighted by atomic mass is 32.2. The summed E-state index contributed by atoms with van der Waals surface area (Å²) in [6, 6.07) is 19.4. The molecule has 36 heavy (non-hydrogen) atoms. The van der Waals surface area contributed by atoms with Gasteiger partial charge in [0.25, 0.3) is 10.0 Å². The third kappa shape index (κ3) is 6.70. The number of benzene rings is 3. The van der Waals surface area contributed by atoms with Gasteiger partial charge in [-0.2, -0.15) is 11.8 Å². The second-order valence-electron chi connectivity index (χ2n) is 8.04. The number of ether oxygens (including phenoxy) is 2. The largest absolute Gasteiger partial charge is 0.486 e. The molecule has 0 unspecified atom stereocenters. The number of fused-ring (bicyclic) bond motifs is 1. The number of thioether (sulfide) groups is 1. The summed E-state index contributed by atoms with van der Waals surface area (Å²) in [7, 11) is -4.15. The number of nitrogens with zero attached hydrogens (tertiary/aromatic N) is 1. The van der Waals surface area contributed by atoms with Gasteiger partial charge in [0.1, 0.15) is 25.6 Å². The Morgan fingerprint density at radius 2 is 1.69 bits per heavy atom. The molecular formula is C26H27FN2O5S2. The van der Waals surface area contributed by atoms with Gasteiger partial charge in [0.2, 0.25) is 5.91 Å². The molecule has 0 aromatic heterocycles.